The van der Waals surface area contributed by atoms with E-state index in [-0.39, 0.29) is 5.91 Å². The lowest BCUT2D eigenvalue weighted by atomic mass is 10.2. The molecule has 0 spiro atoms. The molecule has 1 rings (SSSR count). The van der Waals surface area contributed by atoms with E-state index < -0.39 is 12.0 Å². The number of amides is 1. The molecule has 0 aromatic heterocycles. The summed E-state index contributed by atoms with van der Waals surface area (Å²) in [6, 6.07) is 7.75. The fourth-order valence-corrected chi connectivity index (χ4v) is 2.77. The second-order valence-corrected chi connectivity index (χ2v) is 5.77. The van der Waals surface area contributed by atoms with Gasteiger partial charge in [-0.25, -0.2) is 4.79 Å². The number of carboxylic acid groups (broad SMARTS) is 1. The average Bonchev–Trinajstić information content (AvgIpc) is 2.38. The maximum atomic E-state index is 11.8. The summed E-state index contributed by atoms with van der Waals surface area (Å²) in [5.74, 6) is -0.991. The van der Waals surface area contributed by atoms with Crippen LogP contribution in [0.5, 0.6) is 0 Å². The van der Waals surface area contributed by atoms with Crippen LogP contribution < -0.4 is 5.32 Å². The number of thioether (sulfide) groups is 2. The van der Waals surface area contributed by atoms with E-state index in [9.17, 15) is 9.59 Å². The molecule has 0 aliphatic heterocycles. The second-order valence-electron chi connectivity index (χ2n) is 3.51. The van der Waals surface area contributed by atoms with Gasteiger partial charge in [-0.05, 0) is 18.4 Å². The first-order valence-electron chi connectivity index (χ1n) is 5.30. The van der Waals surface area contributed by atoms with Crippen LogP contribution >= 0.6 is 23.5 Å². The van der Waals surface area contributed by atoms with Crippen molar-refractivity contribution in [2.45, 2.75) is 6.04 Å². The van der Waals surface area contributed by atoms with Gasteiger partial charge in [-0.1, -0.05) is 18.2 Å². The van der Waals surface area contributed by atoms with Crippen LogP contribution in [0.3, 0.4) is 0 Å². The van der Waals surface area contributed by atoms with E-state index in [0.717, 1.165) is 5.08 Å². The lowest BCUT2D eigenvalue weighted by molar-refractivity contribution is -0.138. The van der Waals surface area contributed by atoms with Crippen LogP contribution in [-0.4, -0.2) is 40.1 Å². The maximum absolute atomic E-state index is 11.8. The van der Waals surface area contributed by atoms with Crippen molar-refractivity contribution in [2.24, 2.45) is 0 Å². The van der Waals surface area contributed by atoms with Gasteiger partial charge in [-0.2, -0.15) is 11.8 Å². The normalized spacial score (nSPS) is 11.8. The van der Waals surface area contributed by atoms with Crippen LogP contribution in [-0.2, 0) is 4.79 Å². The standard InChI is InChI=1S/C12H15NO3S2/c1-17-8-18-7-10(12(15)16)13-11(14)9-5-3-2-4-6-9/h2-6,10H,7-8H2,1H3,(H,13,14)(H,15,16)/t10-/m1/s1. The highest BCUT2D eigenvalue weighted by Gasteiger charge is 2.20. The minimum atomic E-state index is -1.01. The Morgan fingerprint density at radius 1 is 1.33 bits per heavy atom. The molecule has 18 heavy (non-hydrogen) atoms. The number of aliphatic carboxylic acids is 1. The van der Waals surface area contributed by atoms with E-state index >= 15 is 0 Å². The summed E-state index contributed by atoms with van der Waals surface area (Å²) in [5.41, 5.74) is 0.471. The number of benzene rings is 1. The van der Waals surface area contributed by atoms with Gasteiger partial charge in [0, 0.05) is 16.4 Å². The Labute approximate surface area is 115 Å². The van der Waals surface area contributed by atoms with E-state index in [4.69, 9.17) is 5.11 Å². The van der Waals surface area contributed by atoms with Crippen LogP contribution in [0.25, 0.3) is 0 Å². The van der Waals surface area contributed by atoms with E-state index in [0.29, 0.717) is 11.3 Å². The Kier molecular flexibility index (Phi) is 6.67. The average molecular weight is 285 g/mol. The van der Waals surface area contributed by atoms with Gasteiger partial charge in [0.2, 0.25) is 0 Å². The van der Waals surface area contributed by atoms with Crippen LogP contribution in [0.15, 0.2) is 30.3 Å². The lowest BCUT2D eigenvalue weighted by Gasteiger charge is -2.13. The summed E-state index contributed by atoms with van der Waals surface area (Å²) < 4.78 is 0. The molecule has 0 saturated heterocycles. The Morgan fingerprint density at radius 2 is 2.00 bits per heavy atom. The van der Waals surface area contributed by atoms with Gasteiger partial charge in [-0.15, -0.1) is 11.8 Å². The number of carboxylic acids is 1. The minimum Gasteiger partial charge on any atom is -0.480 e. The second kappa shape index (κ2) is 8.05. The molecular weight excluding hydrogens is 270 g/mol. The minimum absolute atomic E-state index is 0.354. The summed E-state index contributed by atoms with van der Waals surface area (Å²) in [6.45, 7) is 0. The molecule has 0 radical (unpaired) electrons. The molecule has 0 unspecified atom stereocenters. The zero-order chi connectivity index (χ0) is 13.4. The summed E-state index contributed by atoms with van der Waals surface area (Å²) in [5, 5.41) is 12.4. The Morgan fingerprint density at radius 3 is 2.56 bits per heavy atom. The van der Waals surface area contributed by atoms with E-state index in [1.165, 1.54) is 11.8 Å². The van der Waals surface area contributed by atoms with Gasteiger partial charge in [-0.3, -0.25) is 4.79 Å². The smallest absolute Gasteiger partial charge is 0.327 e. The number of hydrogen-bond acceptors (Lipinski definition) is 4. The fraction of sp³-hybridized carbons (Fsp3) is 0.333. The Balaban J connectivity index is 2.55. The van der Waals surface area contributed by atoms with E-state index in [2.05, 4.69) is 5.32 Å². The highest BCUT2D eigenvalue weighted by atomic mass is 32.2. The number of nitrogens with one attached hydrogen (secondary N) is 1. The van der Waals surface area contributed by atoms with Crippen molar-refractivity contribution in [1.29, 1.82) is 0 Å². The molecule has 1 atom stereocenters. The fourth-order valence-electron chi connectivity index (χ4n) is 1.26. The van der Waals surface area contributed by atoms with Crippen molar-refractivity contribution >= 4 is 35.4 Å². The number of carbonyl (C=O) groups excluding carboxylic acids is 1. The van der Waals surface area contributed by atoms with Crippen LogP contribution in [0.1, 0.15) is 10.4 Å². The maximum Gasteiger partial charge on any atom is 0.327 e. The molecule has 0 aliphatic rings. The van der Waals surface area contributed by atoms with Crippen molar-refractivity contribution in [3.05, 3.63) is 35.9 Å². The van der Waals surface area contributed by atoms with E-state index in [1.807, 2.05) is 6.26 Å². The predicted molar refractivity (Wildman–Crippen MR) is 76.2 cm³/mol. The largest absolute Gasteiger partial charge is 0.480 e. The monoisotopic (exact) mass is 285 g/mol. The van der Waals surface area contributed by atoms with Gasteiger partial charge < -0.3 is 10.4 Å². The molecule has 0 fully saturated rings. The van der Waals surface area contributed by atoms with Gasteiger partial charge in [0.15, 0.2) is 0 Å². The van der Waals surface area contributed by atoms with Gasteiger partial charge in [0.05, 0.1) is 0 Å². The zero-order valence-electron chi connectivity index (χ0n) is 9.96. The van der Waals surface area contributed by atoms with E-state index in [1.54, 1.807) is 42.1 Å². The summed E-state index contributed by atoms with van der Waals surface area (Å²) in [4.78, 5) is 22.8. The number of rotatable bonds is 7. The Hall–Kier alpha value is -1.14. The van der Waals surface area contributed by atoms with Gasteiger partial charge >= 0.3 is 5.97 Å². The van der Waals surface area contributed by atoms with Crippen molar-refractivity contribution in [1.82, 2.24) is 5.32 Å². The van der Waals surface area contributed by atoms with Crippen molar-refractivity contribution in [2.75, 3.05) is 17.1 Å². The SMILES string of the molecule is CSCSC[C@@H](NC(=O)c1ccccc1)C(=O)O. The number of carbonyl (C=O) groups is 2. The molecule has 0 heterocycles. The number of hydrogen-bond donors (Lipinski definition) is 2. The molecule has 0 aliphatic carbocycles. The van der Waals surface area contributed by atoms with Crippen molar-refractivity contribution in [3.8, 4) is 0 Å². The highest BCUT2D eigenvalue weighted by Crippen LogP contribution is 2.10. The molecule has 1 aromatic carbocycles. The molecule has 0 saturated carbocycles. The Bertz CT molecular complexity index is 398. The molecular formula is C12H15NO3S2. The van der Waals surface area contributed by atoms with Gasteiger partial charge in [0.25, 0.3) is 5.91 Å². The molecule has 1 amide bonds. The molecule has 6 heteroatoms. The lowest BCUT2D eigenvalue weighted by Crippen LogP contribution is -2.42. The van der Waals surface area contributed by atoms with Crippen molar-refractivity contribution in [3.63, 3.8) is 0 Å². The highest BCUT2D eigenvalue weighted by molar-refractivity contribution is 8.15. The third-order valence-electron chi connectivity index (χ3n) is 2.13. The summed E-state index contributed by atoms with van der Waals surface area (Å²) in [7, 11) is 0. The van der Waals surface area contributed by atoms with Crippen LogP contribution in [0.4, 0.5) is 0 Å². The van der Waals surface area contributed by atoms with Crippen LogP contribution in [0.2, 0.25) is 0 Å². The first kappa shape index (κ1) is 14.9. The predicted octanol–water partition coefficient (Wildman–Crippen LogP) is 1.92. The zero-order valence-corrected chi connectivity index (χ0v) is 11.6. The first-order valence-corrected chi connectivity index (χ1v) is 7.85. The molecule has 2 N–H and O–H groups in total. The van der Waals surface area contributed by atoms with Crippen LogP contribution in [0, 0.1) is 0 Å². The summed E-state index contributed by atoms with van der Waals surface area (Å²) in [6.07, 6.45) is 1.95. The molecule has 0 bridgehead atoms. The summed E-state index contributed by atoms with van der Waals surface area (Å²) >= 11 is 3.12. The third kappa shape index (κ3) is 5.01. The molecule has 98 valence electrons. The topological polar surface area (TPSA) is 66.4 Å². The van der Waals surface area contributed by atoms with Gasteiger partial charge in [0.1, 0.15) is 6.04 Å². The molecule has 4 nitrogen and oxygen atoms in total. The first-order chi connectivity index (χ1) is 8.65. The molecule has 1 aromatic rings. The van der Waals surface area contributed by atoms with Crippen molar-refractivity contribution < 1.29 is 14.7 Å². The third-order valence-corrected chi connectivity index (χ3v) is 4.30. The quantitative estimate of drug-likeness (QED) is 0.592.